The molecule has 2 unspecified atom stereocenters. The molecule has 0 spiro atoms. The molecule has 0 aromatic rings. The highest BCUT2D eigenvalue weighted by atomic mass is 32.2. The van der Waals surface area contributed by atoms with Crippen LogP contribution in [-0.2, 0) is 9.84 Å². The van der Waals surface area contributed by atoms with E-state index >= 15 is 0 Å². The number of piperazine rings is 1. The van der Waals surface area contributed by atoms with Crippen molar-refractivity contribution in [2.45, 2.75) is 31.8 Å². The van der Waals surface area contributed by atoms with E-state index in [9.17, 15) is 8.42 Å². The molecule has 3 N–H and O–H groups in total. The number of sulfone groups is 1. The van der Waals surface area contributed by atoms with E-state index in [4.69, 9.17) is 10.9 Å². The fraction of sp³-hybridized carbons (Fsp3) is 0.917. The first-order valence-electron chi connectivity index (χ1n) is 7.12. The lowest BCUT2D eigenvalue weighted by Crippen LogP contribution is -2.56. The van der Waals surface area contributed by atoms with Gasteiger partial charge in [-0.25, -0.2) is 8.42 Å². The molecule has 0 amide bonds. The standard InChI is InChI=1S/C12H24N4O3S/c1-2-11(12(13)14-17)16-6-4-15(5-7-16)10-3-8-20(18,19)9-10/h10-11,17H,2-9H2,1H3,(H2,13,14). The van der Waals surface area contributed by atoms with Gasteiger partial charge in [0.1, 0.15) is 0 Å². The normalized spacial score (nSPS) is 30.4. The molecule has 2 aliphatic heterocycles. The molecule has 0 saturated carbocycles. The van der Waals surface area contributed by atoms with Crippen LogP contribution < -0.4 is 5.73 Å². The number of nitrogens with two attached hydrogens (primary N) is 1. The van der Waals surface area contributed by atoms with Crippen molar-refractivity contribution < 1.29 is 13.6 Å². The summed E-state index contributed by atoms with van der Waals surface area (Å²) >= 11 is 0. The Labute approximate surface area is 120 Å². The summed E-state index contributed by atoms with van der Waals surface area (Å²) in [5, 5.41) is 11.9. The zero-order chi connectivity index (χ0) is 14.8. The van der Waals surface area contributed by atoms with Crippen LogP contribution in [0.25, 0.3) is 0 Å². The third kappa shape index (κ3) is 3.42. The van der Waals surface area contributed by atoms with Gasteiger partial charge in [0, 0.05) is 32.2 Å². The van der Waals surface area contributed by atoms with E-state index in [2.05, 4.69) is 15.0 Å². The Hall–Kier alpha value is -0.860. The van der Waals surface area contributed by atoms with E-state index in [1.54, 1.807) is 0 Å². The summed E-state index contributed by atoms with van der Waals surface area (Å²) in [5.41, 5.74) is 5.72. The van der Waals surface area contributed by atoms with Crippen molar-refractivity contribution in [2.75, 3.05) is 37.7 Å². The quantitative estimate of drug-likeness (QED) is 0.309. The Morgan fingerprint density at radius 1 is 1.40 bits per heavy atom. The summed E-state index contributed by atoms with van der Waals surface area (Å²) in [6.07, 6.45) is 1.55. The maximum Gasteiger partial charge on any atom is 0.156 e. The second kappa shape index (κ2) is 6.28. The van der Waals surface area contributed by atoms with Crippen LogP contribution in [0.5, 0.6) is 0 Å². The molecule has 0 aromatic heterocycles. The Morgan fingerprint density at radius 3 is 2.50 bits per heavy atom. The molecule has 20 heavy (non-hydrogen) atoms. The predicted molar refractivity (Wildman–Crippen MR) is 77.7 cm³/mol. The van der Waals surface area contributed by atoms with Gasteiger partial charge in [-0.15, -0.1) is 0 Å². The van der Waals surface area contributed by atoms with Crippen molar-refractivity contribution in [3.63, 3.8) is 0 Å². The summed E-state index contributed by atoms with van der Waals surface area (Å²) < 4.78 is 23.1. The summed E-state index contributed by atoms with van der Waals surface area (Å²) in [6, 6.07) is 0.139. The van der Waals surface area contributed by atoms with Crippen molar-refractivity contribution in [3.8, 4) is 0 Å². The van der Waals surface area contributed by atoms with Crippen LogP contribution in [0.15, 0.2) is 5.16 Å². The average Bonchev–Trinajstić information content (AvgIpc) is 2.80. The van der Waals surface area contributed by atoms with Gasteiger partial charge in [-0.1, -0.05) is 12.1 Å². The topological polar surface area (TPSA) is 99.2 Å². The van der Waals surface area contributed by atoms with Crippen LogP contribution in [0.4, 0.5) is 0 Å². The lowest BCUT2D eigenvalue weighted by Gasteiger charge is -2.40. The number of rotatable bonds is 4. The van der Waals surface area contributed by atoms with Crippen LogP contribution in [0.2, 0.25) is 0 Å². The van der Waals surface area contributed by atoms with Crippen LogP contribution in [0, 0.1) is 0 Å². The molecular formula is C12H24N4O3S. The lowest BCUT2D eigenvalue weighted by molar-refractivity contribution is 0.0903. The smallest absolute Gasteiger partial charge is 0.156 e. The van der Waals surface area contributed by atoms with Crippen molar-refractivity contribution in [2.24, 2.45) is 10.9 Å². The molecule has 2 aliphatic rings. The molecule has 2 saturated heterocycles. The lowest BCUT2D eigenvalue weighted by atomic mass is 10.1. The molecule has 116 valence electrons. The van der Waals surface area contributed by atoms with Crippen molar-refractivity contribution in [1.82, 2.24) is 9.80 Å². The molecule has 0 aliphatic carbocycles. The van der Waals surface area contributed by atoms with Gasteiger partial charge in [0.15, 0.2) is 15.7 Å². The number of oxime groups is 1. The highest BCUT2D eigenvalue weighted by molar-refractivity contribution is 7.91. The van der Waals surface area contributed by atoms with Crippen LogP contribution in [0.1, 0.15) is 19.8 Å². The number of hydrogen-bond donors (Lipinski definition) is 2. The van der Waals surface area contributed by atoms with E-state index < -0.39 is 9.84 Å². The maximum atomic E-state index is 11.5. The number of amidine groups is 1. The second-order valence-electron chi connectivity index (χ2n) is 5.58. The Morgan fingerprint density at radius 2 is 2.05 bits per heavy atom. The summed E-state index contributed by atoms with van der Waals surface area (Å²) in [5.74, 6) is 0.869. The third-order valence-corrected chi connectivity index (χ3v) is 6.11. The second-order valence-corrected chi connectivity index (χ2v) is 7.81. The molecule has 0 bridgehead atoms. The van der Waals surface area contributed by atoms with Crippen LogP contribution in [0.3, 0.4) is 0 Å². The van der Waals surface area contributed by atoms with Crippen molar-refractivity contribution in [3.05, 3.63) is 0 Å². The first-order chi connectivity index (χ1) is 9.46. The van der Waals surface area contributed by atoms with Crippen LogP contribution >= 0.6 is 0 Å². The third-order valence-electron chi connectivity index (χ3n) is 4.36. The highest BCUT2D eigenvalue weighted by Crippen LogP contribution is 2.20. The van der Waals surface area contributed by atoms with Crippen molar-refractivity contribution >= 4 is 15.7 Å². The van der Waals surface area contributed by atoms with Crippen molar-refractivity contribution in [1.29, 1.82) is 0 Å². The SMILES string of the molecule is CCC(C(N)=NO)N1CCN(C2CCS(=O)(=O)C2)CC1. The minimum Gasteiger partial charge on any atom is -0.409 e. The van der Waals surface area contributed by atoms with Gasteiger partial charge in [-0.05, 0) is 12.8 Å². The monoisotopic (exact) mass is 304 g/mol. The molecule has 2 rings (SSSR count). The Kier molecular flexibility index (Phi) is 4.87. The zero-order valence-electron chi connectivity index (χ0n) is 11.9. The molecule has 7 nitrogen and oxygen atoms in total. The predicted octanol–water partition coefficient (Wildman–Crippen LogP) is -0.684. The highest BCUT2D eigenvalue weighted by Gasteiger charge is 2.34. The fourth-order valence-corrected chi connectivity index (χ4v) is 4.96. The fourth-order valence-electron chi connectivity index (χ4n) is 3.20. The number of hydrogen-bond acceptors (Lipinski definition) is 6. The minimum atomic E-state index is -2.82. The molecule has 2 fully saturated rings. The van der Waals surface area contributed by atoms with E-state index in [1.165, 1.54) is 0 Å². The first-order valence-corrected chi connectivity index (χ1v) is 8.95. The van der Waals surface area contributed by atoms with Gasteiger partial charge >= 0.3 is 0 Å². The van der Waals surface area contributed by atoms with Gasteiger partial charge in [0.25, 0.3) is 0 Å². The first kappa shape index (κ1) is 15.5. The van der Waals surface area contributed by atoms with Gasteiger partial charge in [0.05, 0.1) is 17.5 Å². The van der Waals surface area contributed by atoms with Gasteiger partial charge in [0.2, 0.25) is 0 Å². The number of nitrogens with zero attached hydrogens (tertiary/aromatic N) is 3. The summed E-state index contributed by atoms with van der Waals surface area (Å²) in [7, 11) is -2.82. The molecule has 0 radical (unpaired) electrons. The van der Waals surface area contributed by atoms with E-state index in [0.717, 1.165) is 39.0 Å². The van der Waals surface area contributed by atoms with Gasteiger partial charge in [-0.2, -0.15) is 0 Å². The van der Waals surface area contributed by atoms with Gasteiger partial charge < -0.3 is 10.9 Å². The summed E-state index contributed by atoms with van der Waals surface area (Å²) in [4.78, 5) is 4.47. The minimum absolute atomic E-state index is 0.0329. The largest absolute Gasteiger partial charge is 0.409 e. The molecule has 8 heteroatoms. The Bertz CT molecular complexity index is 457. The van der Waals surface area contributed by atoms with E-state index in [0.29, 0.717) is 11.5 Å². The van der Waals surface area contributed by atoms with Crippen LogP contribution in [-0.4, -0.2) is 79.0 Å². The Balaban J connectivity index is 1.89. The van der Waals surface area contributed by atoms with E-state index in [-0.39, 0.29) is 17.9 Å². The zero-order valence-corrected chi connectivity index (χ0v) is 12.7. The van der Waals surface area contributed by atoms with E-state index in [1.807, 2.05) is 6.92 Å². The molecule has 2 heterocycles. The molecule has 2 atom stereocenters. The maximum absolute atomic E-state index is 11.5. The van der Waals surface area contributed by atoms with Gasteiger partial charge in [-0.3, -0.25) is 9.80 Å². The average molecular weight is 304 g/mol. The molecular weight excluding hydrogens is 280 g/mol. The molecule has 0 aromatic carbocycles. The summed E-state index contributed by atoms with van der Waals surface area (Å²) in [6.45, 7) is 5.35.